The monoisotopic (exact) mass is 237 g/mol. The van der Waals surface area contributed by atoms with Crippen molar-refractivity contribution in [3.63, 3.8) is 0 Å². The fraction of sp³-hybridized carbons (Fsp3) is 0.857. The van der Waals surface area contributed by atoms with Gasteiger partial charge in [0.05, 0.1) is 0 Å². The molecular formula is C14H23NO2. The summed E-state index contributed by atoms with van der Waals surface area (Å²) in [6.45, 7) is 1.31. The maximum atomic E-state index is 12.1. The molecule has 0 aromatic heterocycles. The van der Waals surface area contributed by atoms with Gasteiger partial charge in [0, 0.05) is 32.4 Å². The minimum Gasteiger partial charge on any atom is -0.342 e. The number of hydrogen-bond acceptors (Lipinski definition) is 2. The number of carbonyl (C=O) groups is 2. The summed E-state index contributed by atoms with van der Waals surface area (Å²) in [5, 5.41) is 0. The molecule has 1 amide bonds. The first-order chi connectivity index (χ1) is 8.25. The molecule has 3 nitrogen and oxygen atoms in total. The number of rotatable bonds is 2. The summed E-state index contributed by atoms with van der Waals surface area (Å²) in [4.78, 5) is 25.1. The van der Waals surface area contributed by atoms with Crippen LogP contribution in [0.5, 0.6) is 0 Å². The van der Waals surface area contributed by atoms with Crippen LogP contribution in [0.3, 0.4) is 0 Å². The van der Waals surface area contributed by atoms with E-state index in [9.17, 15) is 9.59 Å². The molecule has 2 fully saturated rings. The summed E-state index contributed by atoms with van der Waals surface area (Å²) in [6.07, 6.45) is 9.54. The Morgan fingerprint density at radius 2 is 1.65 bits per heavy atom. The van der Waals surface area contributed by atoms with Gasteiger partial charge >= 0.3 is 0 Å². The summed E-state index contributed by atoms with van der Waals surface area (Å²) in [5.74, 6) is 1.19. The highest BCUT2D eigenvalue weighted by Crippen LogP contribution is 2.26. The summed E-state index contributed by atoms with van der Waals surface area (Å²) in [5.41, 5.74) is 0. The molecule has 0 bridgehead atoms. The predicted octanol–water partition coefficient (Wildman–Crippen LogP) is 2.54. The SMILES string of the molecule is O=C1CCN(C(=O)CC2CCCCCC2)CC1. The quantitative estimate of drug-likeness (QED) is 0.692. The molecule has 0 radical (unpaired) electrons. The first-order valence-electron chi connectivity index (χ1n) is 7.05. The average molecular weight is 237 g/mol. The van der Waals surface area contributed by atoms with E-state index in [1.54, 1.807) is 0 Å². The van der Waals surface area contributed by atoms with E-state index >= 15 is 0 Å². The van der Waals surface area contributed by atoms with Crippen LogP contribution in [0.2, 0.25) is 0 Å². The zero-order chi connectivity index (χ0) is 12.1. The van der Waals surface area contributed by atoms with Crippen molar-refractivity contribution >= 4 is 11.7 Å². The molecule has 1 aliphatic carbocycles. The molecule has 1 saturated heterocycles. The zero-order valence-electron chi connectivity index (χ0n) is 10.6. The van der Waals surface area contributed by atoms with Crippen LogP contribution in [0, 0.1) is 5.92 Å². The van der Waals surface area contributed by atoms with Gasteiger partial charge in [-0.25, -0.2) is 0 Å². The summed E-state index contributed by atoms with van der Waals surface area (Å²) >= 11 is 0. The van der Waals surface area contributed by atoms with Crippen LogP contribution in [0.25, 0.3) is 0 Å². The minimum absolute atomic E-state index is 0.282. The van der Waals surface area contributed by atoms with E-state index in [4.69, 9.17) is 0 Å². The van der Waals surface area contributed by atoms with Crippen LogP contribution in [-0.4, -0.2) is 29.7 Å². The molecule has 3 heteroatoms. The predicted molar refractivity (Wildman–Crippen MR) is 66.6 cm³/mol. The second-order valence-electron chi connectivity index (χ2n) is 5.48. The maximum absolute atomic E-state index is 12.1. The van der Waals surface area contributed by atoms with Gasteiger partial charge < -0.3 is 4.90 Å². The molecule has 17 heavy (non-hydrogen) atoms. The third-order valence-corrected chi connectivity index (χ3v) is 4.11. The van der Waals surface area contributed by atoms with E-state index in [1.807, 2.05) is 4.90 Å². The summed E-state index contributed by atoms with van der Waals surface area (Å²) in [6, 6.07) is 0. The van der Waals surface area contributed by atoms with Gasteiger partial charge in [-0.2, -0.15) is 0 Å². The normalized spacial score (nSPS) is 23.5. The van der Waals surface area contributed by atoms with Gasteiger partial charge in [0.15, 0.2) is 0 Å². The Bertz CT molecular complexity index is 270. The lowest BCUT2D eigenvalue weighted by Gasteiger charge is -2.27. The van der Waals surface area contributed by atoms with Crippen LogP contribution in [0.15, 0.2) is 0 Å². The highest BCUT2D eigenvalue weighted by molar-refractivity contribution is 5.83. The van der Waals surface area contributed by atoms with Crippen LogP contribution in [0.1, 0.15) is 57.8 Å². The number of likely N-dealkylation sites (tertiary alicyclic amines) is 1. The molecule has 1 heterocycles. The number of ketones is 1. The fourth-order valence-electron chi connectivity index (χ4n) is 2.95. The van der Waals surface area contributed by atoms with Crippen molar-refractivity contribution in [2.75, 3.05) is 13.1 Å². The molecule has 0 atom stereocenters. The van der Waals surface area contributed by atoms with Crippen molar-refractivity contribution in [1.82, 2.24) is 4.90 Å². The van der Waals surface area contributed by atoms with Gasteiger partial charge in [0.1, 0.15) is 5.78 Å². The Morgan fingerprint density at radius 3 is 2.24 bits per heavy atom. The molecular weight excluding hydrogens is 214 g/mol. The zero-order valence-corrected chi connectivity index (χ0v) is 10.6. The fourth-order valence-corrected chi connectivity index (χ4v) is 2.95. The van der Waals surface area contributed by atoms with Crippen LogP contribution < -0.4 is 0 Å². The van der Waals surface area contributed by atoms with E-state index in [1.165, 1.54) is 38.5 Å². The molecule has 1 saturated carbocycles. The molecule has 0 N–H and O–H groups in total. The lowest BCUT2D eigenvalue weighted by molar-refractivity contribution is -0.135. The second kappa shape index (κ2) is 6.18. The van der Waals surface area contributed by atoms with Crippen LogP contribution >= 0.6 is 0 Å². The number of Topliss-reactive ketones (excluding diaryl/α,β-unsaturated/α-hetero) is 1. The number of piperidine rings is 1. The van der Waals surface area contributed by atoms with E-state index in [0.717, 1.165) is 0 Å². The molecule has 0 unspecified atom stereocenters. The number of amides is 1. The first kappa shape index (κ1) is 12.6. The van der Waals surface area contributed by atoms with E-state index in [0.29, 0.717) is 44.1 Å². The average Bonchev–Trinajstić information content (AvgIpc) is 2.58. The Morgan fingerprint density at radius 1 is 1.06 bits per heavy atom. The van der Waals surface area contributed by atoms with Crippen molar-refractivity contribution in [3.8, 4) is 0 Å². The highest BCUT2D eigenvalue weighted by atomic mass is 16.2. The minimum atomic E-state index is 0.282. The Labute approximate surface area is 104 Å². The van der Waals surface area contributed by atoms with Gasteiger partial charge in [0.25, 0.3) is 0 Å². The standard InChI is InChI=1S/C14H23NO2/c16-13-7-9-15(10-8-13)14(17)11-12-5-3-1-2-4-6-12/h12H,1-11H2. The smallest absolute Gasteiger partial charge is 0.222 e. The number of hydrogen-bond donors (Lipinski definition) is 0. The third kappa shape index (κ3) is 3.83. The lowest BCUT2D eigenvalue weighted by Crippen LogP contribution is -2.39. The van der Waals surface area contributed by atoms with Crippen LogP contribution in [-0.2, 0) is 9.59 Å². The number of nitrogens with zero attached hydrogens (tertiary/aromatic N) is 1. The highest BCUT2D eigenvalue weighted by Gasteiger charge is 2.23. The lowest BCUT2D eigenvalue weighted by atomic mass is 9.95. The maximum Gasteiger partial charge on any atom is 0.222 e. The van der Waals surface area contributed by atoms with Gasteiger partial charge in [0.2, 0.25) is 5.91 Å². The van der Waals surface area contributed by atoms with Gasteiger partial charge in [-0.3, -0.25) is 9.59 Å². The van der Waals surface area contributed by atoms with Gasteiger partial charge in [-0.05, 0) is 18.8 Å². The van der Waals surface area contributed by atoms with E-state index in [-0.39, 0.29) is 5.91 Å². The Balaban J connectivity index is 1.77. The van der Waals surface area contributed by atoms with Crippen LogP contribution in [0.4, 0.5) is 0 Å². The summed E-state index contributed by atoms with van der Waals surface area (Å²) in [7, 11) is 0. The molecule has 96 valence electrons. The van der Waals surface area contributed by atoms with Crippen molar-refractivity contribution in [3.05, 3.63) is 0 Å². The van der Waals surface area contributed by atoms with E-state index in [2.05, 4.69) is 0 Å². The molecule has 2 rings (SSSR count). The van der Waals surface area contributed by atoms with Gasteiger partial charge in [-0.15, -0.1) is 0 Å². The Kier molecular flexibility index (Phi) is 4.57. The molecule has 2 aliphatic rings. The summed E-state index contributed by atoms with van der Waals surface area (Å²) < 4.78 is 0. The van der Waals surface area contributed by atoms with Gasteiger partial charge in [-0.1, -0.05) is 25.7 Å². The second-order valence-corrected chi connectivity index (χ2v) is 5.48. The topological polar surface area (TPSA) is 37.4 Å². The van der Waals surface area contributed by atoms with Crippen molar-refractivity contribution in [2.24, 2.45) is 5.92 Å². The largest absolute Gasteiger partial charge is 0.342 e. The van der Waals surface area contributed by atoms with E-state index < -0.39 is 0 Å². The molecule has 0 aromatic rings. The third-order valence-electron chi connectivity index (χ3n) is 4.11. The molecule has 0 aromatic carbocycles. The van der Waals surface area contributed by atoms with Crippen molar-refractivity contribution in [2.45, 2.75) is 57.8 Å². The van der Waals surface area contributed by atoms with Crippen molar-refractivity contribution in [1.29, 1.82) is 0 Å². The first-order valence-corrected chi connectivity index (χ1v) is 7.05. The molecule has 0 spiro atoms. The van der Waals surface area contributed by atoms with Crippen molar-refractivity contribution < 1.29 is 9.59 Å². The number of carbonyl (C=O) groups excluding carboxylic acids is 2. The molecule has 1 aliphatic heterocycles. The Hall–Kier alpha value is -0.860.